The van der Waals surface area contributed by atoms with Gasteiger partial charge in [-0.1, -0.05) is 40.2 Å². The first-order chi connectivity index (χ1) is 11.0. The van der Waals surface area contributed by atoms with E-state index in [4.69, 9.17) is 4.74 Å². The minimum Gasteiger partial charge on any atom is -0.497 e. The van der Waals surface area contributed by atoms with Crippen molar-refractivity contribution in [3.8, 4) is 5.75 Å². The lowest BCUT2D eigenvalue weighted by atomic mass is 9.94. The third-order valence-corrected chi connectivity index (χ3v) is 4.96. The van der Waals surface area contributed by atoms with Crippen molar-refractivity contribution in [2.24, 2.45) is 0 Å². The molecule has 0 saturated heterocycles. The molecule has 0 N–H and O–H groups in total. The van der Waals surface area contributed by atoms with E-state index in [1.807, 2.05) is 48.3 Å². The lowest BCUT2D eigenvalue weighted by Crippen LogP contribution is -2.36. The van der Waals surface area contributed by atoms with E-state index in [0.717, 1.165) is 34.2 Å². The highest BCUT2D eigenvalue weighted by molar-refractivity contribution is 9.10. The Kier molecular flexibility index (Phi) is 4.44. The molecular weight excluding hydrogens is 354 g/mol. The van der Waals surface area contributed by atoms with E-state index in [2.05, 4.69) is 28.1 Å². The van der Waals surface area contributed by atoms with Crippen LogP contribution in [0.5, 0.6) is 5.75 Å². The maximum atomic E-state index is 13.0. The smallest absolute Gasteiger partial charge is 0.233 e. The van der Waals surface area contributed by atoms with Crippen LogP contribution in [0.25, 0.3) is 0 Å². The van der Waals surface area contributed by atoms with E-state index < -0.39 is 0 Å². The Morgan fingerprint density at radius 1 is 1.22 bits per heavy atom. The SMILES string of the molecule is COc1ccc(CN(C)C(=O)C2(c3cccc(Br)c3)CC2)cc1. The molecule has 0 heterocycles. The van der Waals surface area contributed by atoms with Gasteiger partial charge >= 0.3 is 0 Å². The molecule has 3 nitrogen and oxygen atoms in total. The molecule has 120 valence electrons. The van der Waals surface area contributed by atoms with Crippen LogP contribution in [-0.2, 0) is 16.8 Å². The molecule has 23 heavy (non-hydrogen) atoms. The van der Waals surface area contributed by atoms with Gasteiger partial charge in [-0.2, -0.15) is 0 Å². The van der Waals surface area contributed by atoms with Crippen molar-refractivity contribution in [3.63, 3.8) is 0 Å². The molecule has 0 radical (unpaired) electrons. The summed E-state index contributed by atoms with van der Waals surface area (Å²) < 4.78 is 6.19. The minimum atomic E-state index is -0.328. The molecule has 2 aromatic rings. The van der Waals surface area contributed by atoms with Crippen LogP contribution in [0.3, 0.4) is 0 Å². The molecule has 3 rings (SSSR count). The third kappa shape index (κ3) is 3.27. The summed E-state index contributed by atoms with van der Waals surface area (Å²) in [5, 5.41) is 0. The maximum Gasteiger partial charge on any atom is 0.233 e. The van der Waals surface area contributed by atoms with Crippen molar-refractivity contribution < 1.29 is 9.53 Å². The summed E-state index contributed by atoms with van der Waals surface area (Å²) in [7, 11) is 3.53. The monoisotopic (exact) mass is 373 g/mol. The summed E-state index contributed by atoms with van der Waals surface area (Å²) in [5.74, 6) is 1.03. The van der Waals surface area contributed by atoms with Crippen LogP contribution < -0.4 is 4.74 Å². The Hall–Kier alpha value is -1.81. The van der Waals surface area contributed by atoms with Crippen molar-refractivity contribution in [3.05, 3.63) is 64.1 Å². The number of amides is 1. The van der Waals surface area contributed by atoms with Crippen LogP contribution in [-0.4, -0.2) is 25.0 Å². The molecule has 0 bridgehead atoms. The average Bonchev–Trinajstić information content (AvgIpc) is 3.36. The highest BCUT2D eigenvalue weighted by atomic mass is 79.9. The molecule has 0 aromatic heterocycles. The summed E-state index contributed by atoms with van der Waals surface area (Å²) in [4.78, 5) is 14.8. The summed E-state index contributed by atoms with van der Waals surface area (Å²) in [6.07, 6.45) is 1.85. The Balaban J connectivity index is 1.74. The Morgan fingerprint density at radius 2 is 1.91 bits per heavy atom. The lowest BCUT2D eigenvalue weighted by molar-refractivity contribution is -0.133. The van der Waals surface area contributed by atoms with Gasteiger partial charge in [-0.15, -0.1) is 0 Å². The number of hydrogen-bond acceptors (Lipinski definition) is 2. The topological polar surface area (TPSA) is 29.5 Å². The second-order valence-corrected chi connectivity index (χ2v) is 7.02. The van der Waals surface area contributed by atoms with Crippen molar-refractivity contribution >= 4 is 21.8 Å². The second-order valence-electron chi connectivity index (χ2n) is 6.10. The predicted octanol–water partition coefficient (Wildman–Crippen LogP) is 4.15. The van der Waals surface area contributed by atoms with Crippen LogP contribution >= 0.6 is 15.9 Å². The molecule has 1 amide bonds. The summed E-state index contributed by atoms with van der Waals surface area (Å²) in [5.41, 5.74) is 1.88. The van der Waals surface area contributed by atoms with Gasteiger partial charge in [-0.3, -0.25) is 4.79 Å². The first-order valence-corrected chi connectivity index (χ1v) is 8.49. The molecule has 0 aliphatic heterocycles. The quantitative estimate of drug-likeness (QED) is 0.787. The largest absolute Gasteiger partial charge is 0.497 e. The van der Waals surface area contributed by atoms with Crippen molar-refractivity contribution in [1.82, 2.24) is 4.90 Å². The van der Waals surface area contributed by atoms with Crippen LogP contribution in [0.15, 0.2) is 53.0 Å². The number of nitrogens with zero attached hydrogens (tertiary/aromatic N) is 1. The van der Waals surface area contributed by atoms with E-state index in [1.54, 1.807) is 7.11 Å². The number of benzene rings is 2. The van der Waals surface area contributed by atoms with E-state index in [1.165, 1.54) is 0 Å². The molecule has 1 aliphatic carbocycles. The second kappa shape index (κ2) is 6.36. The zero-order valence-corrected chi connectivity index (χ0v) is 15.0. The predicted molar refractivity (Wildman–Crippen MR) is 94.5 cm³/mol. The van der Waals surface area contributed by atoms with Gasteiger partial charge in [0.2, 0.25) is 5.91 Å². The number of hydrogen-bond donors (Lipinski definition) is 0. The van der Waals surface area contributed by atoms with Gasteiger partial charge in [0.05, 0.1) is 12.5 Å². The highest BCUT2D eigenvalue weighted by Gasteiger charge is 2.52. The standard InChI is InChI=1S/C19H20BrNO2/c1-21(13-14-6-8-17(23-2)9-7-14)18(22)19(10-11-19)15-4-3-5-16(20)12-15/h3-9,12H,10-11,13H2,1-2H3. The van der Waals surface area contributed by atoms with Gasteiger partial charge in [0, 0.05) is 18.1 Å². The number of ether oxygens (including phenoxy) is 1. The molecule has 0 spiro atoms. The molecular formula is C19H20BrNO2. The number of methoxy groups -OCH3 is 1. The molecule has 4 heteroatoms. The van der Waals surface area contributed by atoms with Crippen LogP contribution in [0.2, 0.25) is 0 Å². The fourth-order valence-corrected chi connectivity index (χ4v) is 3.38. The van der Waals surface area contributed by atoms with Gasteiger partial charge < -0.3 is 9.64 Å². The molecule has 1 aliphatic rings. The molecule has 1 fully saturated rings. The van der Waals surface area contributed by atoms with E-state index >= 15 is 0 Å². The first kappa shape index (κ1) is 16.1. The third-order valence-electron chi connectivity index (χ3n) is 4.46. The normalized spacial score (nSPS) is 15.1. The summed E-state index contributed by atoms with van der Waals surface area (Å²) in [6.45, 7) is 0.610. The van der Waals surface area contributed by atoms with Gasteiger partial charge in [-0.05, 0) is 48.2 Å². The molecule has 0 unspecified atom stereocenters. The number of carbonyl (C=O) groups excluding carboxylic acids is 1. The first-order valence-electron chi connectivity index (χ1n) is 7.70. The van der Waals surface area contributed by atoms with Crippen molar-refractivity contribution in [2.75, 3.05) is 14.2 Å². The summed E-state index contributed by atoms with van der Waals surface area (Å²) in [6, 6.07) is 16.0. The average molecular weight is 374 g/mol. The molecule has 1 saturated carbocycles. The fraction of sp³-hybridized carbons (Fsp3) is 0.316. The Labute approximate surface area is 145 Å². The molecule has 0 atom stereocenters. The zero-order valence-electron chi connectivity index (χ0n) is 13.4. The van der Waals surface area contributed by atoms with E-state index in [0.29, 0.717) is 6.54 Å². The van der Waals surface area contributed by atoms with E-state index in [9.17, 15) is 4.79 Å². The Bertz CT molecular complexity index is 708. The highest BCUT2D eigenvalue weighted by Crippen LogP contribution is 2.50. The van der Waals surface area contributed by atoms with Crippen molar-refractivity contribution in [2.45, 2.75) is 24.8 Å². The zero-order chi connectivity index (χ0) is 16.4. The van der Waals surface area contributed by atoms with Gasteiger partial charge in [-0.25, -0.2) is 0 Å². The number of likely N-dealkylation sites (N-methyl/N-ethyl adjacent to an activating group) is 1. The number of halogens is 1. The van der Waals surface area contributed by atoms with Gasteiger partial charge in [0.15, 0.2) is 0 Å². The fourth-order valence-electron chi connectivity index (χ4n) is 2.98. The maximum absolute atomic E-state index is 13.0. The van der Waals surface area contributed by atoms with Crippen LogP contribution in [0, 0.1) is 0 Å². The molecule has 2 aromatic carbocycles. The van der Waals surface area contributed by atoms with Crippen LogP contribution in [0.1, 0.15) is 24.0 Å². The lowest BCUT2D eigenvalue weighted by Gasteiger charge is -2.24. The van der Waals surface area contributed by atoms with Gasteiger partial charge in [0.1, 0.15) is 5.75 Å². The van der Waals surface area contributed by atoms with Crippen LogP contribution in [0.4, 0.5) is 0 Å². The minimum absolute atomic E-state index is 0.200. The Morgan fingerprint density at radius 3 is 2.48 bits per heavy atom. The van der Waals surface area contributed by atoms with Crippen molar-refractivity contribution in [1.29, 1.82) is 0 Å². The van der Waals surface area contributed by atoms with E-state index in [-0.39, 0.29) is 11.3 Å². The number of rotatable bonds is 5. The number of carbonyl (C=O) groups is 1. The van der Waals surface area contributed by atoms with Gasteiger partial charge in [0.25, 0.3) is 0 Å². The summed E-state index contributed by atoms with van der Waals surface area (Å²) >= 11 is 3.50.